The van der Waals surface area contributed by atoms with Gasteiger partial charge in [0.05, 0.1) is 18.4 Å². The molecule has 104 valence electrons. The number of nitrogens with two attached hydrogens (primary N) is 1. The van der Waals surface area contributed by atoms with E-state index < -0.39 is 0 Å². The predicted octanol–water partition coefficient (Wildman–Crippen LogP) is 3.07. The number of halogens is 1. The van der Waals surface area contributed by atoms with Gasteiger partial charge in [-0.05, 0) is 24.3 Å². The molecular weight excluding hydrogens is 340 g/mol. The van der Waals surface area contributed by atoms with Crippen LogP contribution in [0, 0.1) is 0 Å². The molecule has 0 aliphatic heterocycles. The van der Waals surface area contributed by atoms with Crippen LogP contribution in [0.1, 0.15) is 11.3 Å². The van der Waals surface area contributed by atoms with Gasteiger partial charge in [-0.25, -0.2) is 4.98 Å². The second-order valence-electron chi connectivity index (χ2n) is 3.96. The van der Waals surface area contributed by atoms with E-state index in [0.29, 0.717) is 28.8 Å². The first-order valence-corrected chi connectivity index (χ1v) is 7.02. The fraction of sp³-hybridized carbons (Fsp3) is 0.143. The van der Waals surface area contributed by atoms with E-state index in [9.17, 15) is 0 Å². The van der Waals surface area contributed by atoms with Gasteiger partial charge < -0.3 is 15.2 Å². The van der Waals surface area contributed by atoms with Crippen LogP contribution in [0.25, 0.3) is 0 Å². The lowest BCUT2D eigenvalue weighted by atomic mass is 10.2. The Labute approximate surface area is 131 Å². The zero-order valence-corrected chi connectivity index (χ0v) is 13.2. The van der Waals surface area contributed by atoms with Crippen molar-refractivity contribution in [3.8, 4) is 11.6 Å². The van der Waals surface area contributed by atoms with Crippen LogP contribution >= 0.6 is 28.1 Å². The normalized spacial score (nSPS) is 10.1. The minimum atomic E-state index is 0.292. The van der Waals surface area contributed by atoms with Crippen molar-refractivity contribution in [1.82, 2.24) is 4.98 Å². The molecule has 0 saturated heterocycles. The van der Waals surface area contributed by atoms with Gasteiger partial charge in [0.15, 0.2) is 0 Å². The Balaban J connectivity index is 2.16. The van der Waals surface area contributed by atoms with Crippen LogP contribution in [0.3, 0.4) is 0 Å². The Hall–Kier alpha value is -1.66. The van der Waals surface area contributed by atoms with Gasteiger partial charge >= 0.3 is 0 Å². The summed E-state index contributed by atoms with van der Waals surface area (Å²) in [5.74, 6) is 1.18. The largest absolute Gasteiger partial charge is 0.487 e. The van der Waals surface area contributed by atoms with Gasteiger partial charge in [-0.3, -0.25) is 0 Å². The molecular formula is C14H13BrN2O2S. The Bertz CT molecular complexity index is 634. The maximum absolute atomic E-state index is 5.73. The van der Waals surface area contributed by atoms with Gasteiger partial charge in [0.1, 0.15) is 17.3 Å². The van der Waals surface area contributed by atoms with E-state index in [1.54, 1.807) is 13.2 Å². The topological polar surface area (TPSA) is 57.4 Å². The number of thiocarbonyl (C=S) groups is 1. The SMILES string of the molecule is COc1cccc(COc2ccc(Br)cc2C(N)=S)n1. The van der Waals surface area contributed by atoms with E-state index in [4.69, 9.17) is 27.4 Å². The minimum absolute atomic E-state index is 0.292. The fourth-order valence-electron chi connectivity index (χ4n) is 1.62. The first-order valence-electron chi connectivity index (χ1n) is 5.82. The summed E-state index contributed by atoms with van der Waals surface area (Å²) in [4.78, 5) is 4.57. The Kier molecular flexibility index (Phi) is 4.92. The summed E-state index contributed by atoms with van der Waals surface area (Å²) in [6.45, 7) is 0.314. The number of pyridine rings is 1. The summed E-state index contributed by atoms with van der Waals surface area (Å²) in [6, 6.07) is 11.0. The van der Waals surface area contributed by atoms with E-state index >= 15 is 0 Å². The molecule has 0 bridgehead atoms. The van der Waals surface area contributed by atoms with Gasteiger partial charge in [-0.2, -0.15) is 0 Å². The van der Waals surface area contributed by atoms with Crippen LogP contribution in [0.15, 0.2) is 40.9 Å². The fourth-order valence-corrected chi connectivity index (χ4v) is 2.14. The Morgan fingerprint density at radius 2 is 2.15 bits per heavy atom. The minimum Gasteiger partial charge on any atom is -0.487 e. The molecule has 0 atom stereocenters. The third kappa shape index (κ3) is 3.68. The molecule has 0 amide bonds. The molecule has 0 aliphatic carbocycles. The third-order valence-corrected chi connectivity index (χ3v) is 3.29. The van der Waals surface area contributed by atoms with Crippen LogP contribution in [0.2, 0.25) is 0 Å². The number of aromatic nitrogens is 1. The maximum atomic E-state index is 5.73. The van der Waals surface area contributed by atoms with E-state index in [-0.39, 0.29) is 0 Å². The molecule has 1 aromatic carbocycles. The van der Waals surface area contributed by atoms with Crippen LogP contribution in [-0.2, 0) is 6.61 Å². The van der Waals surface area contributed by atoms with Crippen molar-refractivity contribution in [3.05, 3.63) is 52.1 Å². The first kappa shape index (κ1) is 14.7. The van der Waals surface area contributed by atoms with Gasteiger partial charge in [-0.15, -0.1) is 0 Å². The maximum Gasteiger partial charge on any atom is 0.213 e. The molecule has 0 saturated carbocycles. The van der Waals surface area contributed by atoms with Gasteiger partial charge in [0.2, 0.25) is 5.88 Å². The number of nitrogens with zero attached hydrogens (tertiary/aromatic N) is 1. The predicted molar refractivity (Wildman–Crippen MR) is 85.2 cm³/mol. The zero-order chi connectivity index (χ0) is 14.5. The number of ether oxygens (including phenoxy) is 2. The molecule has 4 nitrogen and oxygen atoms in total. The Morgan fingerprint density at radius 1 is 1.35 bits per heavy atom. The average Bonchev–Trinajstić information content (AvgIpc) is 2.46. The summed E-state index contributed by atoms with van der Waals surface area (Å²) < 4.78 is 11.7. The molecule has 0 spiro atoms. The molecule has 6 heteroatoms. The van der Waals surface area contributed by atoms with Gasteiger partial charge in [-0.1, -0.05) is 34.2 Å². The lowest BCUT2D eigenvalue weighted by molar-refractivity contribution is 0.297. The van der Waals surface area contributed by atoms with Crippen molar-refractivity contribution in [1.29, 1.82) is 0 Å². The molecule has 2 N–H and O–H groups in total. The lowest BCUT2D eigenvalue weighted by Crippen LogP contribution is -2.12. The van der Waals surface area contributed by atoms with Crippen LogP contribution in [0.5, 0.6) is 11.6 Å². The number of benzene rings is 1. The van der Waals surface area contributed by atoms with E-state index in [0.717, 1.165) is 10.2 Å². The molecule has 0 aliphatic rings. The smallest absolute Gasteiger partial charge is 0.213 e. The number of hydrogen-bond donors (Lipinski definition) is 1. The summed E-state index contributed by atoms with van der Waals surface area (Å²) in [6.07, 6.45) is 0. The highest BCUT2D eigenvalue weighted by atomic mass is 79.9. The molecule has 0 fully saturated rings. The average molecular weight is 353 g/mol. The lowest BCUT2D eigenvalue weighted by Gasteiger charge is -2.11. The number of hydrogen-bond acceptors (Lipinski definition) is 4. The second kappa shape index (κ2) is 6.67. The Morgan fingerprint density at radius 3 is 2.85 bits per heavy atom. The van der Waals surface area contributed by atoms with E-state index in [2.05, 4.69) is 20.9 Å². The van der Waals surface area contributed by atoms with Crippen molar-refractivity contribution in [2.24, 2.45) is 5.73 Å². The highest BCUT2D eigenvalue weighted by molar-refractivity contribution is 9.10. The molecule has 2 rings (SSSR count). The zero-order valence-electron chi connectivity index (χ0n) is 10.8. The summed E-state index contributed by atoms with van der Waals surface area (Å²) in [7, 11) is 1.58. The van der Waals surface area contributed by atoms with Crippen LogP contribution in [0.4, 0.5) is 0 Å². The van der Waals surface area contributed by atoms with Crippen molar-refractivity contribution in [2.75, 3.05) is 7.11 Å². The van der Waals surface area contributed by atoms with Gasteiger partial charge in [0, 0.05) is 10.5 Å². The summed E-state index contributed by atoms with van der Waals surface area (Å²) >= 11 is 8.40. The first-order chi connectivity index (χ1) is 9.60. The molecule has 0 unspecified atom stereocenters. The highest BCUT2D eigenvalue weighted by Gasteiger charge is 2.08. The molecule has 1 heterocycles. The molecule has 0 radical (unpaired) electrons. The van der Waals surface area contributed by atoms with E-state index in [1.807, 2.05) is 30.3 Å². The standard InChI is InChI=1S/C14H13BrN2O2S/c1-18-13-4-2-3-10(17-13)8-19-12-6-5-9(15)7-11(12)14(16)20/h2-7H,8H2,1H3,(H2,16,20). The van der Waals surface area contributed by atoms with Crippen molar-refractivity contribution < 1.29 is 9.47 Å². The van der Waals surface area contributed by atoms with Crippen molar-refractivity contribution in [2.45, 2.75) is 6.61 Å². The van der Waals surface area contributed by atoms with E-state index in [1.165, 1.54) is 0 Å². The third-order valence-electron chi connectivity index (χ3n) is 2.57. The highest BCUT2D eigenvalue weighted by Crippen LogP contribution is 2.24. The van der Waals surface area contributed by atoms with Crippen LogP contribution < -0.4 is 15.2 Å². The molecule has 2 aromatic rings. The van der Waals surface area contributed by atoms with Crippen molar-refractivity contribution in [3.63, 3.8) is 0 Å². The number of rotatable bonds is 5. The quantitative estimate of drug-likeness (QED) is 0.838. The summed E-state index contributed by atoms with van der Waals surface area (Å²) in [5, 5.41) is 0. The van der Waals surface area contributed by atoms with Gasteiger partial charge in [0.25, 0.3) is 0 Å². The molecule has 1 aromatic heterocycles. The van der Waals surface area contributed by atoms with Crippen LogP contribution in [-0.4, -0.2) is 17.1 Å². The molecule has 20 heavy (non-hydrogen) atoms. The van der Waals surface area contributed by atoms with Crippen molar-refractivity contribution >= 4 is 33.1 Å². The second-order valence-corrected chi connectivity index (χ2v) is 5.32. The summed E-state index contributed by atoms with van der Waals surface area (Å²) in [5.41, 5.74) is 7.15. The monoisotopic (exact) mass is 352 g/mol. The number of methoxy groups -OCH3 is 1.